The van der Waals surface area contributed by atoms with Crippen LogP contribution in [-0.4, -0.2) is 68.8 Å². The van der Waals surface area contributed by atoms with E-state index in [1.165, 1.54) is 0 Å². The van der Waals surface area contributed by atoms with Gasteiger partial charge in [0.1, 0.15) is 23.7 Å². The van der Waals surface area contributed by atoms with Crippen LogP contribution >= 0.6 is 0 Å². The molecule has 1 saturated heterocycles. The average molecular weight is 503 g/mol. The second kappa shape index (κ2) is 11.0. The predicted molar refractivity (Wildman–Crippen MR) is 144 cm³/mol. The highest BCUT2D eigenvalue weighted by molar-refractivity contribution is 6.46. The maximum absolute atomic E-state index is 13.4. The van der Waals surface area contributed by atoms with Gasteiger partial charge in [-0.05, 0) is 56.3 Å². The van der Waals surface area contributed by atoms with E-state index in [0.29, 0.717) is 48.0 Å². The van der Waals surface area contributed by atoms with Crippen LogP contribution in [0.5, 0.6) is 5.75 Å². The minimum Gasteiger partial charge on any atom is -0.505 e. The molecule has 0 spiro atoms. The molecule has 8 nitrogen and oxygen atoms in total. The third kappa shape index (κ3) is 4.89. The molecular weight excluding hydrogens is 468 g/mol. The number of amides is 1. The Labute approximate surface area is 217 Å². The van der Waals surface area contributed by atoms with E-state index in [1.54, 1.807) is 17.0 Å². The predicted octanol–water partition coefficient (Wildman–Crippen LogP) is 4.28. The monoisotopic (exact) mass is 502 g/mol. The molecule has 0 bridgehead atoms. The van der Waals surface area contributed by atoms with E-state index in [4.69, 9.17) is 4.74 Å². The number of aromatic nitrogens is 2. The number of aryl methyl sites for hydroxylation is 2. The van der Waals surface area contributed by atoms with E-state index < -0.39 is 17.7 Å². The summed E-state index contributed by atoms with van der Waals surface area (Å²) in [4.78, 5) is 35.2. The second-order valence-electron chi connectivity index (χ2n) is 9.12. The lowest BCUT2D eigenvalue weighted by Crippen LogP contribution is -2.38. The molecular formula is C29H34N4O4. The van der Waals surface area contributed by atoms with Crippen LogP contribution in [0.1, 0.15) is 42.4 Å². The molecule has 2 aromatic heterocycles. The zero-order valence-corrected chi connectivity index (χ0v) is 21.9. The fourth-order valence-corrected chi connectivity index (χ4v) is 4.85. The molecule has 0 saturated carbocycles. The van der Waals surface area contributed by atoms with Gasteiger partial charge in [0.25, 0.3) is 11.7 Å². The first kappa shape index (κ1) is 26.2. The van der Waals surface area contributed by atoms with Gasteiger partial charge in [-0.1, -0.05) is 44.7 Å². The molecule has 1 aliphatic rings. The number of ketones is 1. The highest BCUT2D eigenvalue weighted by Crippen LogP contribution is 2.40. The van der Waals surface area contributed by atoms with Gasteiger partial charge < -0.3 is 24.0 Å². The van der Waals surface area contributed by atoms with Gasteiger partial charge in [0.05, 0.1) is 17.3 Å². The molecule has 1 amide bonds. The number of hydrogen-bond acceptors (Lipinski definition) is 6. The largest absolute Gasteiger partial charge is 0.505 e. The molecule has 37 heavy (non-hydrogen) atoms. The summed E-state index contributed by atoms with van der Waals surface area (Å²) < 4.78 is 7.60. The second-order valence-corrected chi connectivity index (χ2v) is 9.12. The first-order chi connectivity index (χ1) is 17.8. The van der Waals surface area contributed by atoms with Crippen molar-refractivity contribution in [3.63, 3.8) is 0 Å². The molecule has 194 valence electrons. The van der Waals surface area contributed by atoms with E-state index in [-0.39, 0.29) is 11.3 Å². The molecule has 3 heterocycles. The number of pyridine rings is 1. The summed E-state index contributed by atoms with van der Waals surface area (Å²) in [5.41, 5.74) is 3.32. The Hall–Kier alpha value is -3.91. The van der Waals surface area contributed by atoms with Crippen LogP contribution in [0.25, 0.3) is 11.4 Å². The Kier molecular flexibility index (Phi) is 7.78. The number of hydrogen-bond donors (Lipinski definition) is 1. The minimum atomic E-state index is -0.770. The number of likely N-dealkylation sites (tertiary alicyclic amines) is 1. The van der Waals surface area contributed by atoms with Crippen molar-refractivity contribution in [1.29, 1.82) is 0 Å². The highest BCUT2D eigenvalue weighted by atomic mass is 16.5. The molecule has 1 aliphatic heterocycles. The number of carbonyl (C=O) groups is 2. The van der Waals surface area contributed by atoms with Gasteiger partial charge in [-0.25, -0.2) is 4.98 Å². The number of carbonyl (C=O) groups excluding carboxylic acids is 2. The van der Waals surface area contributed by atoms with Crippen molar-refractivity contribution < 1.29 is 19.4 Å². The van der Waals surface area contributed by atoms with Gasteiger partial charge in [-0.2, -0.15) is 0 Å². The van der Waals surface area contributed by atoms with Gasteiger partial charge in [0.15, 0.2) is 5.76 Å². The third-order valence-electron chi connectivity index (χ3n) is 6.94. The first-order valence-electron chi connectivity index (χ1n) is 12.6. The first-order valence-corrected chi connectivity index (χ1v) is 12.6. The number of fused-ring (bicyclic) bond motifs is 1. The molecule has 0 aliphatic carbocycles. The van der Waals surface area contributed by atoms with Crippen LogP contribution in [0, 0.1) is 13.8 Å². The number of ether oxygens (including phenoxy) is 1. The van der Waals surface area contributed by atoms with E-state index in [1.807, 2.05) is 54.8 Å². The lowest BCUT2D eigenvalue weighted by atomic mass is 9.96. The van der Waals surface area contributed by atoms with Crippen LogP contribution in [0.2, 0.25) is 0 Å². The van der Waals surface area contributed by atoms with Crippen molar-refractivity contribution in [2.24, 2.45) is 0 Å². The summed E-state index contributed by atoms with van der Waals surface area (Å²) >= 11 is 0. The number of likely N-dealkylation sites (N-methyl/N-ethyl adjacent to an activating group) is 1. The average Bonchev–Trinajstić information content (AvgIpc) is 3.38. The number of nitrogens with zero attached hydrogens (tertiary/aromatic N) is 4. The number of Topliss-reactive ketones (excluding diaryl/α,β-unsaturated/α-hetero) is 1. The normalized spacial score (nSPS) is 17.2. The maximum atomic E-state index is 13.4. The Balaban J connectivity index is 1.87. The SMILES string of the molecule is C=CCOc1cccc(C2/C(=C(\O)c3nc4c(C)cccn4c3C)C(=O)C(=O)N2CCN(CC)CC)c1. The van der Waals surface area contributed by atoms with Gasteiger partial charge in [-0.15, -0.1) is 0 Å². The van der Waals surface area contributed by atoms with Crippen molar-refractivity contribution >= 4 is 23.1 Å². The summed E-state index contributed by atoms with van der Waals surface area (Å²) in [6, 6.07) is 10.3. The number of aliphatic hydroxyl groups is 1. The van der Waals surface area contributed by atoms with Gasteiger partial charge in [0.2, 0.25) is 0 Å². The summed E-state index contributed by atoms with van der Waals surface area (Å²) in [5, 5.41) is 11.6. The zero-order valence-electron chi connectivity index (χ0n) is 21.9. The van der Waals surface area contributed by atoms with Crippen molar-refractivity contribution in [2.45, 2.75) is 33.7 Å². The summed E-state index contributed by atoms with van der Waals surface area (Å²) in [6.45, 7) is 14.5. The zero-order chi connectivity index (χ0) is 26.7. The van der Waals surface area contributed by atoms with Gasteiger partial charge >= 0.3 is 0 Å². The topological polar surface area (TPSA) is 87.4 Å². The summed E-state index contributed by atoms with van der Waals surface area (Å²) in [5.74, 6) is -1.03. The molecule has 1 fully saturated rings. The van der Waals surface area contributed by atoms with Crippen molar-refractivity contribution in [1.82, 2.24) is 19.2 Å². The van der Waals surface area contributed by atoms with Crippen molar-refractivity contribution in [2.75, 3.05) is 32.8 Å². The van der Waals surface area contributed by atoms with Crippen LogP contribution in [0.3, 0.4) is 0 Å². The van der Waals surface area contributed by atoms with E-state index in [0.717, 1.165) is 18.7 Å². The van der Waals surface area contributed by atoms with Crippen LogP contribution < -0.4 is 4.74 Å². The molecule has 1 aromatic carbocycles. The van der Waals surface area contributed by atoms with E-state index >= 15 is 0 Å². The standard InChI is InChI=1S/C29H34N4O4/c1-6-17-37-22-13-9-12-21(18-22)25-23(27(35)29(36)33(25)16-15-31(7-2)8-3)26(34)24-20(5)32-14-10-11-19(4)28(32)30-24/h6,9-14,18,25,34H,1,7-8,15-17H2,2-5H3/b26-23+. The Morgan fingerprint density at radius 2 is 1.95 bits per heavy atom. The van der Waals surface area contributed by atoms with Crippen molar-refractivity contribution in [3.05, 3.63) is 83.3 Å². The Morgan fingerprint density at radius 1 is 1.19 bits per heavy atom. The Bertz CT molecular complexity index is 1370. The summed E-state index contributed by atoms with van der Waals surface area (Å²) in [6.07, 6.45) is 3.51. The van der Waals surface area contributed by atoms with Crippen LogP contribution in [0.4, 0.5) is 0 Å². The fraction of sp³-hybridized carbons (Fsp3) is 0.345. The lowest BCUT2D eigenvalue weighted by molar-refractivity contribution is -0.140. The molecule has 0 radical (unpaired) electrons. The third-order valence-corrected chi connectivity index (χ3v) is 6.94. The smallest absolute Gasteiger partial charge is 0.295 e. The maximum Gasteiger partial charge on any atom is 0.295 e. The van der Waals surface area contributed by atoms with Crippen LogP contribution in [0.15, 0.2) is 60.8 Å². The molecule has 8 heteroatoms. The Morgan fingerprint density at radius 3 is 2.62 bits per heavy atom. The highest BCUT2D eigenvalue weighted by Gasteiger charge is 2.46. The van der Waals surface area contributed by atoms with Gasteiger partial charge in [0, 0.05) is 19.3 Å². The number of aliphatic hydroxyl groups excluding tert-OH is 1. The van der Waals surface area contributed by atoms with Crippen molar-refractivity contribution in [3.8, 4) is 5.75 Å². The molecule has 3 aromatic rings. The quantitative estimate of drug-likeness (QED) is 0.193. The van der Waals surface area contributed by atoms with Gasteiger partial charge in [-0.3, -0.25) is 9.59 Å². The van der Waals surface area contributed by atoms with Crippen LogP contribution in [-0.2, 0) is 9.59 Å². The van der Waals surface area contributed by atoms with E-state index in [2.05, 4.69) is 30.3 Å². The summed E-state index contributed by atoms with van der Waals surface area (Å²) in [7, 11) is 0. The molecule has 1 unspecified atom stereocenters. The number of rotatable bonds is 10. The molecule has 1 atom stereocenters. The molecule has 1 N–H and O–H groups in total. The minimum absolute atomic E-state index is 0.0366. The van der Waals surface area contributed by atoms with E-state index in [9.17, 15) is 14.7 Å². The number of benzene rings is 1. The molecule has 4 rings (SSSR count). The number of imidazole rings is 1. The fourth-order valence-electron chi connectivity index (χ4n) is 4.85. The lowest BCUT2D eigenvalue weighted by Gasteiger charge is -2.28.